The molecule has 0 saturated heterocycles. The Bertz CT molecular complexity index is 1740. The molecule has 2 aromatic carbocycles. The van der Waals surface area contributed by atoms with Gasteiger partial charge >= 0.3 is 12.1 Å². The lowest BCUT2D eigenvalue weighted by Gasteiger charge is -2.12. The van der Waals surface area contributed by atoms with Crippen LogP contribution in [-0.2, 0) is 25.4 Å². The van der Waals surface area contributed by atoms with Crippen LogP contribution < -0.4 is 11.1 Å². The fraction of sp³-hybridized carbons (Fsp3) is 0.267. The number of ether oxygens (including phenoxy) is 1. The van der Waals surface area contributed by atoms with Crippen molar-refractivity contribution in [3.05, 3.63) is 88.1 Å². The fourth-order valence-corrected chi connectivity index (χ4v) is 5.08. The molecule has 226 valence electrons. The number of amides is 2. The Kier molecular flexibility index (Phi) is 10.7. The number of esters is 1. The smallest absolute Gasteiger partial charge is 0.416 e. The number of rotatable bonds is 8. The number of nitrogens with two attached hydrogens (primary N) is 1. The highest BCUT2D eigenvalue weighted by Gasteiger charge is 2.33. The van der Waals surface area contributed by atoms with Crippen molar-refractivity contribution in [1.29, 1.82) is 0 Å². The monoisotopic (exact) mass is 614 g/mol. The minimum Gasteiger partial charge on any atom is -0.469 e. The maximum atomic E-state index is 13.2. The molecule has 0 saturated carbocycles. The molecule has 9 nitrogen and oxygen atoms in total. The molecule has 0 radical (unpaired) electrons. The standard InChI is InChI=1S/C30H29F3N4O5S/c1-19-10-12-22(17-25(19)30(31,32)33)28(39)36-24-8-6-7-20(15-24)11-13-21-16-23(18-35-27(21)34)29(40)37-43(3,41)14-5-4-9-26(38)42-2/h6-8,10,12,15-18H,4-5,9,14H2,1-3H3,(H2,34,35)(H,36,39). The van der Waals surface area contributed by atoms with Gasteiger partial charge in [-0.2, -0.15) is 17.5 Å². The van der Waals surface area contributed by atoms with Crippen LogP contribution in [0.2, 0.25) is 0 Å². The number of halogens is 3. The Labute approximate surface area is 247 Å². The number of nitrogens with zero attached hydrogens (tertiary/aromatic N) is 2. The van der Waals surface area contributed by atoms with E-state index in [2.05, 4.69) is 31.2 Å². The van der Waals surface area contributed by atoms with Crippen molar-refractivity contribution in [3.8, 4) is 11.8 Å². The van der Waals surface area contributed by atoms with E-state index in [9.17, 15) is 31.8 Å². The van der Waals surface area contributed by atoms with Gasteiger partial charge in [-0.1, -0.05) is 24.0 Å². The normalized spacial score (nSPS) is 12.3. The summed E-state index contributed by atoms with van der Waals surface area (Å²) in [6.45, 7) is 1.31. The lowest BCUT2D eigenvalue weighted by atomic mass is 10.0. The van der Waals surface area contributed by atoms with Crippen molar-refractivity contribution < 1.29 is 36.5 Å². The van der Waals surface area contributed by atoms with Gasteiger partial charge in [0.1, 0.15) is 5.82 Å². The van der Waals surface area contributed by atoms with Gasteiger partial charge in [0, 0.05) is 41.4 Å². The van der Waals surface area contributed by atoms with Gasteiger partial charge in [0.05, 0.1) is 33.5 Å². The zero-order valence-electron chi connectivity index (χ0n) is 23.6. The van der Waals surface area contributed by atoms with E-state index in [1.54, 1.807) is 18.2 Å². The highest BCUT2D eigenvalue weighted by atomic mass is 32.2. The number of unbranched alkanes of at least 4 members (excludes halogenated alkanes) is 1. The molecule has 3 aromatic rings. The first-order valence-corrected chi connectivity index (χ1v) is 15.0. The van der Waals surface area contributed by atoms with Crippen LogP contribution in [0.25, 0.3) is 0 Å². The lowest BCUT2D eigenvalue weighted by Crippen LogP contribution is -2.15. The number of benzene rings is 2. The van der Waals surface area contributed by atoms with Crippen LogP contribution in [0.4, 0.5) is 24.7 Å². The van der Waals surface area contributed by atoms with Crippen LogP contribution in [0.3, 0.4) is 0 Å². The third-order valence-electron chi connectivity index (χ3n) is 6.09. The quantitative estimate of drug-likeness (QED) is 0.201. The Balaban J connectivity index is 1.75. The zero-order valence-corrected chi connectivity index (χ0v) is 24.4. The Hall–Kier alpha value is -4.70. The van der Waals surface area contributed by atoms with Gasteiger partial charge in [-0.15, -0.1) is 0 Å². The van der Waals surface area contributed by atoms with Gasteiger partial charge in [0.2, 0.25) is 0 Å². The molecule has 0 spiro atoms. The lowest BCUT2D eigenvalue weighted by molar-refractivity contribution is -0.141. The van der Waals surface area contributed by atoms with Gasteiger partial charge in [0.15, 0.2) is 0 Å². The first-order valence-electron chi connectivity index (χ1n) is 12.9. The second kappa shape index (κ2) is 14.0. The molecule has 1 atom stereocenters. The second-order valence-electron chi connectivity index (χ2n) is 9.56. The molecule has 3 N–H and O–H groups in total. The number of aryl methyl sites for hydroxylation is 1. The van der Waals surface area contributed by atoms with E-state index < -0.39 is 33.3 Å². The Morgan fingerprint density at radius 1 is 1.07 bits per heavy atom. The number of nitrogen functional groups attached to an aromatic ring is 1. The summed E-state index contributed by atoms with van der Waals surface area (Å²) in [6, 6.07) is 11.0. The number of methoxy groups -OCH3 is 1. The zero-order chi connectivity index (χ0) is 31.8. The van der Waals surface area contributed by atoms with Gasteiger partial charge in [-0.05, 0) is 61.7 Å². The molecule has 0 bridgehead atoms. The number of nitrogens with one attached hydrogen (secondary N) is 1. The summed E-state index contributed by atoms with van der Waals surface area (Å²) in [6.07, 6.45) is -1.00. The summed E-state index contributed by atoms with van der Waals surface area (Å²) in [4.78, 5) is 40.5. The second-order valence-corrected chi connectivity index (χ2v) is 12.1. The third-order valence-corrected chi connectivity index (χ3v) is 7.69. The van der Waals surface area contributed by atoms with E-state index in [0.717, 1.165) is 6.07 Å². The molecule has 3 rings (SSSR count). The van der Waals surface area contributed by atoms with Crippen molar-refractivity contribution >= 4 is 39.0 Å². The third kappa shape index (κ3) is 9.68. The van der Waals surface area contributed by atoms with Crippen LogP contribution >= 0.6 is 0 Å². The average molecular weight is 615 g/mol. The predicted molar refractivity (Wildman–Crippen MR) is 157 cm³/mol. The molecule has 0 aliphatic rings. The van der Waals surface area contributed by atoms with Crippen molar-refractivity contribution in [2.45, 2.75) is 32.4 Å². The summed E-state index contributed by atoms with van der Waals surface area (Å²) in [7, 11) is -1.59. The molecule has 0 aliphatic carbocycles. The summed E-state index contributed by atoms with van der Waals surface area (Å²) in [5, 5.41) is 2.56. The molecule has 0 fully saturated rings. The molecular weight excluding hydrogens is 585 g/mol. The molecule has 1 heterocycles. The molecule has 2 amide bonds. The largest absolute Gasteiger partial charge is 0.469 e. The van der Waals surface area contributed by atoms with Gasteiger partial charge < -0.3 is 15.8 Å². The number of hydrogen-bond acceptors (Lipinski definition) is 7. The maximum absolute atomic E-state index is 13.2. The summed E-state index contributed by atoms with van der Waals surface area (Å²) >= 11 is 0. The number of hydrogen-bond donors (Lipinski definition) is 2. The van der Waals surface area contributed by atoms with Crippen LogP contribution in [0.15, 0.2) is 59.1 Å². The number of pyridine rings is 1. The van der Waals surface area contributed by atoms with Crippen LogP contribution in [0.5, 0.6) is 0 Å². The SMILES string of the molecule is COC(=O)CCCCS(C)(=O)=NC(=O)c1cnc(N)c(C#Cc2cccc(NC(=O)c3ccc(C)c(C(F)(F)F)c3)c2)c1. The minimum absolute atomic E-state index is 0.00489. The molecule has 1 unspecified atom stereocenters. The average Bonchev–Trinajstić information content (AvgIpc) is 2.94. The number of aromatic nitrogens is 1. The summed E-state index contributed by atoms with van der Waals surface area (Å²) in [5.41, 5.74) is 5.84. The van der Waals surface area contributed by atoms with E-state index in [0.29, 0.717) is 24.1 Å². The van der Waals surface area contributed by atoms with Gasteiger partial charge in [-0.3, -0.25) is 14.4 Å². The Morgan fingerprint density at radius 2 is 1.81 bits per heavy atom. The predicted octanol–water partition coefficient (Wildman–Crippen LogP) is 5.22. The highest BCUT2D eigenvalue weighted by molar-refractivity contribution is 7.93. The maximum Gasteiger partial charge on any atom is 0.416 e. The van der Waals surface area contributed by atoms with Crippen LogP contribution in [0, 0.1) is 18.8 Å². The first kappa shape index (κ1) is 32.8. The molecule has 43 heavy (non-hydrogen) atoms. The summed E-state index contributed by atoms with van der Waals surface area (Å²) in [5.74, 6) is 3.94. The number of anilines is 2. The van der Waals surface area contributed by atoms with Crippen molar-refractivity contribution in [1.82, 2.24) is 4.98 Å². The number of carbonyl (C=O) groups is 3. The first-order chi connectivity index (χ1) is 20.2. The fourth-order valence-electron chi connectivity index (χ4n) is 3.79. The van der Waals surface area contributed by atoms with Crippen molar-refractivity contribution in [2.75, 3.05) is 30.2 Å². The van der Waals surface area contributed by atoms with Crippen LogP contribution in [-0.4, -0.2) is 46.1 Å². The van der Waals surface area contributed by atoms with Crippen LogP contribution in [0.1, 0.15) is 62.2 Å². The molecule has 13 heteroatoms. The van der Waals surface area contributed by atoms with E-state index in [1.165, 1.54) is 50.8 Å². The van der Waals surface area contributed by atoms with Gasteiger partial charge in [-0.25, -0.2) is 9.19 Å². The van der Waals surface area contributed by atoms with Crippen molar-refractivity contribution in [3.63, 3.8) is 0 Å². The van der Waals surface area contributed by atoms with E-state index in [1.807, 2.05) is 0 Å². The number of alkyl halides is 3. The van der Waals surface area contributed by atoms with E-state index in [4.69, 9.17) is 5.73 Å². The molecular formula is C30H29F3N4O5S. The Morgan fingerprint density at radius 3 is 2.51 bits per heavy atom. The van der Waals surface area contributed by atoms with E-state index in [-0.39, 0.29) is 46.2 Å². The topological polar surface area (TPSA) is 141 Å². The molecule has 1 aromatic heterocycles. The summed E-state index contributed by atoms with van der Waals surface area (Å²) < 4.78 is 60.9. The number of carbonyl (C=O) groups excluding carboxylic acids is 3. The highest BCUT2D eigenvalue weighted by Crippen LogP contribution is 2.32. The minimum atomic E-state index is -4.59. The van der Waals surface area contributed by atoms with Crippen molar-refractivity contribution in [2.24, 2.45) is 4.36 Å². The molecule has 0 aliphatic heterocycles. The van der Waals surface area contributed by atoms with E-state index >= 15 is 0 Å². The van der Waals surface area contributed by atoms with Gasteiger partial charge in [0.25, 0.3) is 11.8 Å².